The van der Waals surface area contributed by atoms with E-state index in [1.807, 2.05) is 0 Å². The van der Waals surface area contributed by atoms with Crippen LogP contribution in [0.2, 0.25) is 0 Å². The molecule has 12 heteroatoms. The fraction of sp³-hybridized carbons (Fsp3) is 0.219. The number of halogens is 3. The van der Waals surface area contributed by atoms with Gasteiger partial charge in [0.05, 0.1) is 18.0 Å². The maximum Gasteiger partial charge on any atom is 0.357 e. The number of carbonyl (C=O) groups is 1. The van der Waals surface area contributed by atoms with Crippen LogP contribution in [0, 0.1) is 23.4 Å². The van der Waals surface area contributed by atoms with Crippen molar-refractivity contribution in [2.75, 3.05) is 6.61 Å². The number of nitrogens with zero attached hydrogens (tertiary/aromatic N) is 3. The van der Waals surface area contributed by atoms with Gasteiger partial charge in [-0.2, -0.15) is 5.10 Å². The monoisotopic (exact) mass is 636 g/mol. The Morgan fingerprint density at radius 1 is 1.07 bits per heavy atom. The lowest BCUT2D eigenvalue weighted by atomic mass is 9.94. The SMILES string of the molecule is CCOC(=O)c1csc(-n2nc(-c3ccc(F)c(-c4cccc(F)c4)c3)c(Cc3ccc(S(=O)[O-])cc3F)c2CC2CC2)n1. The molecule has 0 aliphatic heterocycles. The first kappa shape index (κ1) is 29.9. The van der Waals surface area contributed by atoms with E-state index in [-0.39, 0.29) is 34.7 Å². The number of benzene rings is 3. The minimum atomic E-state index is -2.59. The highest BCUT2D eigenvalue weighted by atomic mass is 32.2. The number of rotatable bonds is 10. The molecule has 0 spiro atoms. The van der Waals surface area contributed by atoms with Crippen LogP contribution < -0.4 is 0 Å². The molecule has 1 aliphatic carbocycles. The third kappa shape index (κ3) is 6.23. The number of esters is 1. The van der Waals surface area contributed by atoms with Gasteiger partial charge in [-0.1, -0.05) is 18.2 Å². The number of hydrogen-bond acceptors (Lipinski definition) is 7. The van der Waals surface area contributed by atoms with Gasteiger partial charge >= 0.3 is 5.97 Å². The lowest BCUT2D eigenvalue weighted by molar-refractivity contribution is 0.0520. The first-order valence-electron chi connectivity index (χ1n) is 13.9. The molecule has 1 unspecified atom stereocenters. The van der Waals surface area contributed by atoms with Gasteiger partial charge in [0, 0.05) is 33.4 Å². The lowest BCUT2D eigenvalue weighted by Gasteiger charge is -2.12. The normalized spacial score (nSPS) is 13.7. The van der Waals surface area contributed by atoms with E-state index in [1.54, 1.807) is 35.2 Å². The molecule has 0 N–H and O–H groups in total. The molecule has 0 bridgehead atoms. The van der Waals surface area contributed by atoms with Crippen molar-refractivity contribution in [1.82, 2.24) is 14.8 Å². The molecule has 0 radical (unpaired) electrons. The van der Waals surface area contributed by atoms with E-state index >= 15 is 8.78 Å². The summed E-state index contributed by atoms with van der Waals surface area (Å²) in [7, 11) is 0. The Labute approximate surface area is 257 Å². The highest BCUT2D eigenvalue weighted by Gasteiger charge is 2.30. The number of thiazole rings is 1. The smallest absolute Gasteiger partial charge is 0.357 e. The molecule has 0 saturated heterocycles. The van der Waals surface area contributed by atoms with E-state index in [2.05, 4.69) is 4.98 Å². The first-order valence-corrected chi connectivity index (χ1v) is 15.8. The van der Waals surface area contributed by atoms with E-state index in [1.165, 1.54) is 47.7 Å². The van der Waals surface area contributed by atoms with Gasteiger partial charge in [0.25, 0.3) is 0 Å². The van der Waals surface area contributed by atoms with Crippen LogP contribution in [0.25, 0.3) is 27.5 Å². The van der Waals surface area contributed by atoms with E-state index in [9.17, 15) is 17.9 Å². The van der Waals surface area contributed by atoms with Gasteiger partial charge in [0.15, 0.2) is 5.69 Å². The summed E-state index contributed by atoms with van der Waals surface area (Å²) in [6.45, 7) is 1.89. The van der Waals surface area contributed by atoms with Crippen molar-refractivity contribution in [2.45, 2.75) is 37.5 Å². The Hall–Kier alpha value is -4.13. The van der Waals surface area contributed by atoms with Crippen molar-refractivity contribution in [3.8, 4) is 27.5 Å². The highest BCUT2D eigenvalue weighted by Crippen LogP contribution is 2.39. The third-order valence-electron chi connectivity index (χ3n) is 7.39. The number of carbonyl (C=O) groups excluding carboxylic acids is 1. The number of hydrogen-bond donors (Lipinski definition) is 0. The molecule has 1 aliphatic rings. The zero-order chi connectivity index (χ0) is 31.0. The van der Waals surface area contributed by atoms with Crippen LogP contribution in [-0.4, -0.2) is 36.1 Å². The van der Waals surface area contributed by atoms with Crippen LogP contribution in [-0.2, 0) is 28.7 Å². The topological polar surface area (TPSA) is 97.1 Å². The zero-order valence-electron chi connectivity index (χ0n) is 23.4. The van der Waals surface area contributed by atoms with Crippen molar-refractivity contribution in [1.29, 1.82) is 0 Å². The lowest BCUT2D eigenvalue weighted by Crippen LogP contribution is -2.08. The molecule has 0 amide bonds. The Bertz CT molecular complexity index is 1900. The maximum absolute atomic E-state index is 15.3. The molecule has 3 aromatic carbocycles. The van der Waals surface area contributed by atoms with Crippen molar-refractivity contribution in [3.63, 3.8) is 0 Å². The minimum Gasteiger partial charge on any atom is -0.768 e. The van der Waals surface area contributed by atoms with Crippen molar-refractivity contribution in [2.24, 2.45) is 5.92 Å². The van der Waals surface area contributed by atoms with Gasteiger partial charge in [-0.15, -0.1) is 11.3 Å². The largest absolute Gasteiger partial charge is 0.768 e. The van der Waals surface area contributed by atoms with Gasteiger partial charge in [-0.25, -0.2) is 27.6 Å². The summed E-state index contributed by atoms with van der Waals surface area (Å²) in [5.74, 6) is -1.95. The van der Waals surface area contributed by atoms with E-state index in [4.69, 9.17) is 9.84 Å². The fourth-order valence-corrected chi connectivity index (χ4v) is 6.19. The highest BCUT2D eigenvalue weighted by molar-refractivity contribution is 7.79. The average molecular weight is 637 g/mol. The molecule has 226 valence electrons. The van der Waals surface area contributed by atoms with Gasteiger partial charge < -0.3 is 9.29 Å². The van der Waals surface area contributed by atoms with Crippen LogP contribution in [0.4, 0.5) is 13.2 Å². The van der Waals surface area contributed by atoms with Crippen molar-refractivity contribution < 1.29 is 31.5 Å². The molecule has 7 nitrogen and oxygen atoms in total. The van der Waals surface area contributed by atoms with Crippen LogP contribution in [0.15, 0.2) is 70.9 Å². The summed E-state index contributed by atoms with van der Waals surface area (Å²) in [5, 5.41) is 6.88. The van der Waals surface area contributed by atoms with Gasteiger partial charge in [-0.3, -0.25) is 4.21 Å². The molecule has 2 aromatic heterocycles. The quantitative estimate of drug-likeness (QED) is 0.121. The van der Waals surface area contributed by atoms with Crippen LogP contribution in [0.3, 0.4) is 0 Å². The predicted molar refractivity (Wildman–Crippen MR) is 159 cm³/mol. The third-order valence-corrected chi connectivity index (χ3v) is 8.84. The molecule has 1 fully saturated rings. The van der Waals surface area contributed by atoms with Gasteiger partial charge in [0.2, 0.25) is 5.13 Å². The molecule has 1 atom stereocenters. The van der Waals surface area contributed by atoms with Crippen molar-refractivity contribution in [3.05, 3.63) is 106 Å². The average Bonchev–Trinajstić information content (AvgIpc) is 3.56. The molecule has 1 saturated carbocycles. The molecule has 5 aromatic rings. The summed E-state index contributed by atoms with van der Waals surface area (Å²) < 4.78 is 74.0. The summed E-state index contributed by atoms with van der Waals surface area (Å²) >= 11 is -1.40. The van der Waals surface area contributed by atoms with Crippen LogP contribution in [0.5, 0.6) is 0 Å². The summed E-state index contributed by atoms with van der Waals surface area (Å²) in [5.41, 5.74) is 3.23. The maximum atomic E-state index is 15.3. The van der Waals surface area contributed by atoms with Crippen LogP contribution >= 0.6 is 11.3 Å². The van der Waals surface area contributed by atoms with E-state index < -0.39 is 34.5 Å². The minimum absolute atomic E-state index is 0.0533. The number of aromatic nitrogens is 3. The van der Waals surface area contributed by atoms with Gasteiger partial charge in [0.1, 0.15) is 17.5 Å². The molecule has 6 rings (SSSR count). The standard InChI is InChI=1S/C32H26F3N3O4S2/c1-2-42-31(39)28-17-43-32(36-28)38-29(12-18-6-7-18)25(14-20-8-10-23(44(40)41)16-27(20)35)30(37-38)21-9-11-26(34)24(15-21)19-4-3-5-22(33)13-19/h3-5,8-11,13,15-18H,2,6-7,12,14H2,1H3,(H,40,41)/p-1. The van der Waals surface area contributed by atoms with Gasteiger partial charge in [-0.05, 0) is 96.8 Å². The fourth-order valence-electron chi connectivity index (χ4n) is 5.04. The zero-order valence-corrected chi connectivity index (χ0v) is 25.0. The molecular weight excluding hydrogens is 611 g/mol. The second-order valence-electron chi connectivity index (χ2n) is 10.4. The Morgan fingerprint density at radius 2 is 1.89 bits per heavy atom. The Morgan fingerprint density at radius 3 is 2.59 bits per heavy atom. The number of ether oxygens (including phenoxy) is 1. The molecule has 44 heavy (non-hydrogen) atoms. The first-order chi connectivity index (χ1) is 21.2. The predicted octanol–water partition coefficient (Wildman–Crippen LogP) is 7.04. The Balaban J connectivity index is 1.53. The second kappa shape index (κ2) is 12.5. The van der Waals surface area contributed by atoms with E-state index in [0.29, 0.717) is 39.9 Å². The summed E-state index contributed by atoms with van der Waals surface area (Å²) in [6, 6.07) is 13.7. The van der Waals surface area contributed by atoms with Crippen LogP contribution in [0.1, 0.15) is 47.1 Å². The second-order valence-corrected chi connectivity index (χ2v) is 12.2. The van der Waals surface area contributed by atoms with Crippen molar-refractivity contribution >= 4 is 28.4 Å². The summed E-state index contributed by atoms with van der Waals surface area (Å²) in [6.07, 6.45) is 2.66. The van der Waals surface area contributed by atoms with E-state index in [0.717, 1.165) is 24.6 Å². The molecule has 2 heterocycles. The summed E-state index contributed by atoms with van der Waals surface area (Å²) in [4.78, 5) is 16.7. The molecular formula is C32H25F3N3O4S2-. The Kier molecular flexibility index (Phi) is 8.48.